The molecule has 0 bridgehead atoms. The van der Waals surface area contributed by atoms with Crippen molar-refractivity contribution in [3.63, 3.8) is 0 Å². The zero-order valence-electron chi connectivity index (χ0n) is 11.9. The van der Waals surface area contributed by atoms with E-state index < -0.39 is 0 Å². The fraction of sp³-hybridized carbons (Fsp3) is 0.312. The van der Waals surface area contributed by atoms with Gasteiger partial charge in [0.2, 0.25) is 0 Å². The Kier molecular flexibility index (Phi) is 5.21. The molecule has 0 saturated heterocycles. The molecular formula is C16H20FN3. The molecule has 1 aromatic carbocycles. The fourth-order valence-corrected chi connectivity index (χ4v) is 2.15. The van der Waals surface area contributed by atoms with Crippen LogP contribution >= 0.6 is 0 Å². The van der Waals surface area contributed by atoms with Crippen LogP contribution in [0.3, 0.4) is 0 Å². The molecule has 0 saturated carbocycles. The minimum Gasteiger partial charge on any atom is -0.314 e. The molecule has 0 unspecified atom stereocenters. The molecule has 0 amide bonds. The monoisotopic (exact) mass is 273 g/mol. The highest BCUT2D eigenvalue weighted by atomic mass is 19.1. The van der Waals surface area contributed by atoms with Crippen LogP contribution < -0.4 is 5.32 Å². The van der Waals surface area contributed by atoms with Gasteiger partial charge >= 0.3 is 0 Å². The van der Waals surface area contributed by atoms with Crippen molar-refractivity contribution in [1.82, 2.24) is 15.2 Å². The lowest BCUT2D eigenvalue weighted by atomic mass is 10.2. The Morgan fingerprint density at radius 1 is 1.05 bits per heavy atom. The Morgan fingerprint density at radius 3 is 2.55 bits per heavy atom. The second-order valence-corrected chi connectivity index (χ2v) is 4.91. The molecule has 0 atom stereocenters. The van der Waals surface area contributed by atoms with E-state index in [-0.39, 0.29) is 5.82 Å². The Bertz CT molecular complexity index is 557. The van der Waals surface area contributed by atoms with Crippen molar-refractivity contribution in [3.05, 3.63) is 65.2 Å². The van der Waals surface area contributed by atoms with Crippen molar-refractivity contribution < 1.29 is 4.39 Å². The van der Waals surface area contributed by atoms with Gasteiger partial charge in [-0.25, -0.2) is 4.39 Å². The van der Waals surface area contributed by atoms with Gasteiger partial charge in [0.05, 0.1) is 11.4 Å². The van der Waals surface area contributed by atoms with Gasteiger partial charge in [0.15, 0.2) is 0 Å². The maximum atomic E-state index is 13.6. The summed E-state index contributed by atoms with van der Waals surface area (Å²) >= 11 is 0. The van der Waals surface area contributed by atoms with Crippen LogP contribution in [0.1, 0.15) is 17.0 Å². The lowest BCUT2D eigenvalue weighted by Gasteiger charge is -2.17. The van der Waals surface area contributed by atoms with Gasteiger partial charge in [-0.2, -0.15) is 0 Å². The third kappa shape index (κ3) is 4.11. The number of rotatable bonds is 6. The molecule has 1 heterocycles. The quantitative estimate of drug-likeness (QED) is 0.877. The lowest BCUT2D eigenvalue weighted by molar-refractivity contribution is 0.309. The number of hydrogen-bond acceptors (Lipinski definition) is 3. The second-order valence-electron chi connectivity index (χ2n) is 4.91. The van der Waals surface area contributed by atoms with E-state index in [9.17, 15) is 4.39 Å². The molecule has 2 rings (SSSR count). The van der Waals surface area contributed by atoms with Gasteiger partial charge in [0.1, 0.15) is 5.82 Å². The first-order valence-corrected chi connectivity index (χ1v) is 6.70. The third-order valence-corrected chi connectivity index (χ3v) is 3.05. The maximum absolute atomic E-state index is 13.6. The Balaban J connectivity index is 1.99. The molecular weight excluding hydrogens is 253 g/mol. The average molecular weight is 273 g/mol. The van der Waals surface area contributed by atoms with Crippen LogP contribution in [0.2, 0.25) is 0 Å². The number of pyridine rings is 1. The number of hydrogen-bond donors (Lipinski definition) is 1. The molecule has 1 aromatic heterocycles. The zero-order valence-corrected chi connectivity index (χ0v) is 11.9. The van der Waals surface area contributed by atoms with Gasteiger partial charge in [0, 0.05) is 25.2 Å². The highest BCUT2D eigenvalue weighted by Crippen LogP contribution is 2.11. The molecule has 0 aliphatic rings. The summed E-state index contributed by atoms with van der Waals surface area (Å²) in [4.78, 5) is 6.63. The van der Waals surface area contributed by atoms with Crippen molar-refractivity contribution in [2.45, 2.75) is 19.6 Å². The minimum atomic E-state index is -0.156. The third-order valence-electron chi connectivity index (χ3n) is 3.05. The van der Waals surface area contributed by atoms with E-state index in [1.165, 1.54) is 6.07 Å². The van der Waals surface area contributed by atoms with Crippen molar-refractivity contribution >= 4 is 0 Å². The molecule has 20 heavy (non-hydrogen) atoms. The topological polar surface area (TPSA) is 28.2 Å². The molecule has 0 aliphatic heterocycles. The van der Waals surface area contributed by atoms with Crippen LogP contribution in [-0.4, -0.2) is 24.0 Å². The molecule has 0 radical (unpaired) electrons. The summed E-state index contributed by atoms with van der Waals surface area (Å²) in [5, 5.41) is 3.09. The van der Waals surface area contributed by atoms with E-state index in [4.69, 9.17) is 0 Å². The summed E-state index contributed by atoms with van der Waals surface area (Å²) < 4.78 is 13.6. The van der Waals surface area contributed by atoms with Crippen molar-refractivity contribution in [3.8, 4) is 0 Å². The maximum Gasteiger partial charge on any atom is 0.127 e. The van der Waals surface area contributed by atoms with Crippen molar-refractivity contribution in [1.29, 1.82) is 0 Å². The summed E-state index contributed by atoms with van der Waals surface area (Å²) in [6.07, 6.45) is 0. The molecule has 3 nitrogen and oxygen atoms in total. The number of benzene rings is 1. The van der Waals surface area contributed by atoms with E-state index in [0.717, 1.165) is 17.9 Å². The van der Waals surface area contributed by atoms with Gasteiger partial charge < -0.3 is 5.32 Å². The Labute approximate surface area is 119 Å². The van der Waals surface area contributed by atoms with Gasteiger partial charge in [-0.15, -0.1) is 0 Å². The fourth-order valence-electron chi connectivity index (χ4n) is 2.15. The van der Waals surface area contributed by atoms with Crippen LogP contribution in [0.5, 0.6) is 0 Å². The largest absolute Gasteiger partial charge is 0.314 e. The number of nitrogens with one attached hydrogen (secondary N) is 1. The SMILES string of the molecule is CNCc1cccc(CN(C)Cc2ccccc2F)n1. The van der Waals surface area contributed by atoms with Crippen LogP contribution in [0.25, 0.3) is 0 Å². The molecule has 0 spiro atoms. The normalized spacial score (nSPS) is 11.0. The van der Waals surface area contributed by atoms with E-state index in [1.54, 1.807) is 6.07 Å². The summed E-state index contributed by atoms with van der Waals surface area (Å²) in [5.41, 5.74) is 2.72. The van der Waals surface area contributed by atoms with Crippen LogP contribution in [0.4, 0.5) is 4.39 Å². The minimum absolute atomic E-state index is 0.156. The number of halogens is 1. The zero-order chi connectivity index (χ0) is 14.4. The second kappa shape index (κ2) is 7.12. The van der Waals surface area contributed by atoms with Gasteiger partial charge in [0.25, 0.3) is 0 Å². The van der Waals surface area contributed by atoms with Crippen LogP contribution in [0.15, 0.2) is 42.5 Å². The van der Waals surface area contributed by atoms with E-state index in [0.29, 0.717) is 18.7 Å². The van der Waals surface area contributed by atoms with E-state index in [1.807, 2.05) is 44.4 Å². The number of aromatic nitrogens is 1. The highest BCUT2D eigenvalue weighted by Gasteiger charge is 2.06. The molecule has 0 fully saturated rings. The first-order chi connectivity index (χ1) is 9.69. The molecule has 0 aliphatic carbocycles. The van der Waals surface area contributed by atoms with E-state index in [2.05, 4.69) is 15.2 Å². The number of nitrogens with zero attached hydrogens (tertiary/aromatic N) is 2. The summed E-state index contributed by atoms with van der Waals surface area (Å²) in [5.74, 6) is -0.156. The van der Waals surface area contributed by atoms with Gasteiger partial charge in [-0.1, -0.05) is 24.3 Å². The molecule has 4 heteroatoms. The molecule has 1 N–H and O–H groups in total. The highest BCUT2D eigenvalue weighted by molar-refractivity contribution is 5.17. The first-order valence-electron chi connectivity index (χ1n) is 6.70. The van der Waals surface area contributed by atoms with Crippen molar-refractivity contribution in [2.75, 3.05) is 14.1 Å². The lowest BCUT2D eigenvalue weighted by Crippen LogP contribution is -2.19. The first kappa shape index (κ1) is 14.6. The Hall–Kier alpha value is -1.78. The van der Waals surface area contributed by atoms with Crippen LogP contribution in [-0.2, 0) is 19.6 Å². The average Bonchev–Trinajstić information content (AvgIpc) is 2.42. The predicted octanol–water partition coefficient (Wildman–Crippen LogP) is 2.57. The van der Waals surface area contributed by atoms with Crippen LogP contribution in [0, 0.1) is 5.82 Å². The van der Waals surface area contributed by atoms with Crippen molar-refractivity contribution in [2.24, 2.45) is 0 Å². The molecule has 2 aromatic rings. The van der Waals surface area contributed by atoms with E-state index >= 15 is 0 Å². The summed E-state index contributed by atoms with van der Waals surface area (Å²) in [6.45, 7) is 2.03. The predicted molar refractivity (Wildman–Crippen MR) is 78.6 cm³/mol. The smallest absolute Gasteiger partial charge is 0.127 e. The standard InChI is InChI=1S/C16H20FN3/c1-18-10-14-7-5-8-15(19-14)12-20(2)11-13-6-3-4-9-16(13)17/h3-9,18H,10-12H2,1-2H3. The molecule has 106 valence electrons. The summed E-state index contributed by atoms with van der Waals surface area (Å²) in [7, 11) is 3.87. The van der Waals surface area contributed by atoms with Gasteiger partial charge in [-0.3, -0.25) is 9.88 Å². The summed E-state index contributed by atoms with van der Waals surface area (Å²) in [6, 6.07) is 12.9. The van der Waals surface area contributed by atoms with Gasteiger partial charge in [-0.05, 0) is 32.3 Å². The Morgan fingerprint density at radius 2 is 1.80 bits per heavy atom.